The van der Waals surface area contributed by atoms with Crippen LogP contribution >= 0.6 is 11.8 Å². The van der Waals surface area contributed by atoms with Crippen molar-refractivity contribution < 1.29 is 9.59 Å². The molecule has 0 aromatic heterocycles. The Kier molecular flexibility index (Phi) is 8.45. The van der Waals surface area contributed by atoms with Gasteiger partial charge >= 0.3 is 0 Å². The molecular formula is C20H31N3O2S. The molecule has 1 aromatic rings. The summed E-state index contributed by atoms with van der Waals surface area (Å²) in [5.41, 5.74) is 6.68. The summed E-state index contributed by atoms with van der Waals surface area (Å²) in [6.07, 6.45) is 1.71. The fourth-order valence-corrected chi connectivity index (χ4v) is 4.46. The Morgan fingerprint density at radius 3 is 2.69 bits per heavy atom. The molecule has 6 heteroatoms. The van der Waals surface area contributed by atoms with Crippen LogP contribution in [-0.4, -0.2) is 48.1 Å². The summed E-state index contributed by atoms with van der Waals surface area (Å²) in [6, 6.07) is 10.2. The van der Waals surface area contributed by atoms with E-state index in [1.54, 1.807) is 11.8 Å². The van der Waals surface area contributed by atoms with Crippen molar-refractivity contribution in [1.82, 2.24) is 10.2 Å². The Labute approximate surface area is 161 Å². The van der Waals surface area contributed by atoms with Crippen LogP contribution in [0.15, 0.2) is 30.3 Å². The molecule has 1 saturated heterocycles. The van der Waals surface area contributed by atoms with Crippen molar-refractivity contribution in [2.24, 2.45) is 17.6 Å². The molecule has 1 fully saturated rings. The van der Waals surface area contributed by atoms with Gasteiger partial charge in [0.05, 0.1) is 11.2 Å². The Bertz CT molecular complexity index is 580. The van der Waals surface area contributed by atoms with Gasteiger partial charge in [-0.15, -0.1) is 11.8 Å². The third-order valence-corrected chi connectivity index (χ3v) is 6.27. The average molecular weight is 378 g/mol. The summed E-state index contributed by atoms with van der Waals surface area (Å²) in [5, 5.41) is 2.77. The van der Waals surface area contributed by atoms with Crippen LogP contribution in [0, 0.1) is 11.8 Å². The normalized spacial score (nSPS) is 18.6. The van der Waals surface area contributed by atoms with Crippen LogP contribution in [0.25, 0.3) is 0 Å². The Hall–Kier alpha value is -1.53. The van der Waals surface area contributed by atoms with Crippen molar-refractivity contribution in [3.63, 3.8) is 0 Å². The predicted octanol–water partition coefficient (Wildman–Crippen LogP) is 2.26. The van der Waals surface area contributed by atoms with Crippen LogP contribution < -0.4 is 11.1 Å². The van der Waals surface area contributed by atoms with E-state index in [0.717, 1.165) is 25.1 Å². The van der Waals surface area contributed by atoms with E-state index in [-0.39, 0.29) is 28.9 Å². The molecular weight excluding hydrogens is 346 g/mol. The molecule has 2 atom stereocenters. The number of hydrogen-bond donors (Lipinski definition) is 2. The number of hydrogen-bond acceptors (Lipinski definition) is 4. The maximum atomic E-state index is 13.1. The number of nitrogens with zero attached hydrogens (tertiary/aromatic N) is 1. The van der Waals surface area contributed by atoms with Gasteiger partial charge in [0.25, 0.3) is 0 Å². The van der Waals surface area contributed by atoms with Crippen LogP contribution in [0.1, 0.15) is 32.3 Å². The minimum absolute atomic E-state index is 0.0194. The van der Waals surface area contributed by atoms with E-state index >= 15 is 0 Å². The van der Waals surface area contributed by atoms with Crippen LogP contribution in [0.3, 0.4) is 0 Å². The van der Waals surface area contributed by atoms with Gasteiger partial charge in [-0.2, -0.15) is 0 Å². The number of nitrogens with two attached hydrogens (primary N) is 1. The molecule has 1 heterocycles. The Morgan fingerprint density at radius 2 is 2.04 bits per heavy atom. The maximum Gasteiger partial charge on any atom is 0.235 e. The zero-order chi connectivity index (χ0) is 18.9. The first-order chi connectivity index (χ1) is 12.5. The van der Waals surface area contributed by atoms with Crippen molar-refractivity contribution in [3.8, 4) is 0 Å². The molecule has 144 valence electrons. The molecule has 2 rings (SSSR count). The van der Waals surface area contributed by atoms with E-state index in [1.165, 1.54) is 5.56 Å². The molecule has 2 unspecified atom stereocenters. The number of piperidine rings is 1. The third kappa shape index (κ3) is 6.02. The minimum Gasteiger partial charge on any atom is -0.355 e. The molecule has 5 nitrogen and oxygen atoms in total. The molecule has 3 N–H and O–H groups in total. The number of nitrogens with one attached hydrogen (secondary N) is 1. The molecule has 1 aliphatic rings. The zero-order valence-corrected chi connectivity index (χ0v) is 16.6. The molecule has 0 bridgehead atoms. The SMILES string of the molecule is CC(C)C(SCc1ccccc1)C(=O)N1CCCC(C(=O)NCCN)C1. The molecule has 26 heavy (non-hydrogen) atoms. The lowest BCUT2D eigenvalue weighted by Crippen LogP contribution is -2.49. The van der Waals surface area contributed by atoms with Crippen LogP contribution in [0.4, 0.5) is 0 Å². The Morgan fingerprint density at radius 1 is 1.31 bits per heavy atom. The van der Waals surface area contributed by atoms with Crippen molar-refractivity contribution in [2.75, 3.05) is 26.2 Å². The number of likely N-dealkylation sites (tertiary alicyclic amines) is 1. The first-order valence-corrected chi connectivity index (χ1v) is 10.5. The largest absolute Gasteiger partial charge is 0.355 e. The van der Waals surface area contributed by atoms with Gasteiger partial charge in [-0.25, -0.2) is 0 Å². The lowest BCUT2D eigenvalue weighted by molar-refractivity contribution is -0.135. The van der Waals surface area contributed by atoms with Gasteiger partial charge in [0.1, 0.15) is 0 Å². The van der Waals surface area contributed by atoms with E-state index < -0.39 is 0 Å². The van der Waals surface area contributed by atoms with Crippen molar-refractivity contribution in [3.05, 3.63) is 35.9 Å². The molecule has 0 saturated carbocycles. The smallest absolute Gasteiger partial charge is 0.235 e. The first-order valence-electron chi connectivity index (χ1n) is 9.45. The molecule has 1 aliphatic heterocycles. The highest BCUT2D eigenvalue weighted by Gasteiger charge is 2.33. The van der Waals surface area contributed by atoms with Crippen molar-refractivity contribution >= 4 is 23.6 Å². The number of carbonyl (C=O) groups is 2. The lowest BCUT2D eigenvalue weighted by Gasteiger charge is -2.35. The van der Waals surface area contributed by atoms with Crippen LogP contribution in [0.5, 0.6) is 0 Å². The molecule has 0 spiro atoms. The molecule has 1 aromatic carbocycles. The summed E-state index contributed by atoms with van der Waals surface area (Å²) in [4.78, 5) is 27.2. The number of benzene rings is 1. The van der Waals surface area contributed by atoms with Crippen molar-refractivity contribution in [1.29, 1.82) is 0 Å². The maximum absolute atomic E-state index is 13.1. The third-order valence-electron chi connectivity index (χ3n) is 4.67. The van der Waals surface area contributed by atoms with Gasteiger partial charge < -0.3 is 16.0 Å². The topological polar surface area (TPSA) is 75.4 Å². The monoisotopic (exact) mass is 377 g/mol. The van der Waals surface area contributed by atoms with E-state index in [2.05, 4.69) is 31.3 Å². The summed E-state index contributed by atoms with van der Waals surface area (Å²) in [6.45, 7) is 6.38. The van der Waals surface area contributed by atoms with E-state index in [4.69, 9.17) is 5.73 Å². The molecule has 0 radical (unpaired) electrons. The first kappa shape index (κ1) is 20.8. The Balaban J connectivity index is 1.95. The van der Waals surface area contributed by atoms with Gasteiger partial charge in [0.2, 0.25) is 11.8 Å². The van der Waals surface area contributed by atoms with E-state index in [1.807, 2.05) is 23.1 Å². The van der Waals surface area contributed by atoms with Gasteiger partial charge in [0, 0.05) is 31.9 Å². The number of amides is 2. The van der Waals surface area contributed by atoms with Gasteiger partial charge in [-0.3, -0.25) is 9.59 Å². The second-order valence-electron chi connectivity index (χ2n) is 7.16. The lowest BCUT2D eigenvalue weighted by atomic mass is 9.96. The fraction of sp³-hybridized carbons (Fsp3) is 0.600. The number of thioether (sulfide) groups is 1. The standard InChI is InChI=1S/C20H31N3O2S/c1-15(2)18(26-14-16-7-4-3-5-8-16)20(25)23-12-6-9-17(13-23)19(24)22-11-10-21/h3-5,7-8,15,17-18H,6,9-14,21H2,1-2H3,(H,22,24). The van der Waals surface area contributed by atoms with E-state index in [9.17, 15) is 9.59 Å². The highest BCUT2D eigenvalue weighted by molar-refractivity contribution is 7.99. The highest BCUT2D eigenvalue weighted by atomic mass is 32.2. The second-order valence-corrected chi connectivity index (χ2v) is 8.29. The minimum atomic E-state index is -0.119. The number of rotatable bonds is 8. The summed E-state index contributed by atoms with van der Waals surface area (Å²) in [5.74, 6) is 1.14. The van der Waals surface area contributed by atoms with Gasteiger partial charge in [-0.05, 0) is 24.3 Å². The summed E-state index contributed by atoms with van der Waals surface area (Å²) < 4.78 is 0. The number of carbonyl (C=O) groups excluding carboxylic acids is 2. The second kappa shape index (κ2) is 10.6. The van der Waals surface area contributed by atoms with Crippen molar-refractivity contribution in [2.45, 2.75) is 37.7 Å². The van der Waals surface area contributed by atoms with Crippen LogP contribution in [0.2, 0.25) is 0 Å². The van der Waals surface area contributed by atoms with Gasteiger partial charge in [0.15, 0.2) is 0 Å². The quantitative estimate of drug-likeness (QED) is 0.729. The average Bonchev–Trinajstić information content (AvgIpc) is 2.66. The van der Waals surface area contributed by atoms with Gasteiger partial charge in [-0.1, -0.05) is 44.2 Å². The zero-order valence-electron chi connectivity index (χ0n) is 15.8. The summed E-state index contributed by atoms with van der Waals surface area (Å²) >= 11 is 1.70. The highest BCUT2D eigenvalue weighted by Crippen LogP contribution is 2.27. The summed E-state index contributed by atoms with van der Waals surface area (Å²) in [7, 11) is 0. The predicted molar refractivity (Wildman–Crippen MR) is 108 cm³/mol. The van der Waals surface area contributed by atoms with E-state index in [0.29, 0.717) is 19.6 Å². The molecule has 0 aliphatic carbocycles. The van der Waals surface area contributed by atoms with Crippen LogP contribution in [-0.2, 0) is 15.3 Å². The fourth-order valence-electron chi connectivity index (χ4n) is 3.22. The molecule has 2 amide bonds.